The second kappa shape index (κ2) is 6.00. The van der Waals surface area contributed by atoms with E-state index < -0.39 is 0 Å². The second-order valence-corrected chi connectivity index (χ2v) is 6.25. The number of hydrogen-bond acceptors (Lipinski definition) is 3. The van der Waals surface area contributed by atoms with Crippen LogP contribution in [0.2, 0.25) is 0 Å². The number of hydrogen-bond donors (Lipinski definition) is 1. The van der Waals surface area contributed by atoms with E-state index >= 15 is 0 Å². The first kappa shape index (κ1) is 13.0. The van der Waals surface area contributed by atoms with Gasteiger partial charge in [0.25, 0.3) is 0 Å². The highest BCUT2D eigenvalue weighted by molar-refractivity contribution is 5.15. The van der Waals surface area contributed by atoms with Gasteiger partial charge in [0.15, 0.2) is 0 Å². The van der Waals surface area contributed by atoms with Gasteiger partial charge in [-0.3, -0.25) is 0 Å². The first-order valence-corrected chi connectivity index (χ1v) is 7.86. The van der Waals surface area contributed by atoms with Crippen molar-refractivity contribution < 1.29 is 0 Å². The Morgan fingerprint density at radius 2 is 2.00 bits per heavy atom. The van der Waals surface area contributed by atoms with E-state index in [-0.39, 0.29) is 0 Å². The third-order valence-electron chi connectivity index (χ3n) is 4.58. The average molecular weight is 259 g/mol. The van der Waals surface area contributed by atoms with Crippen molar-refractivity contribution in [3.8, 4) is 0 Å². The molecule has 104 valence electrons. The summed E-state index contributed by atoms with van der Waals surface area (Å²) in [5.74, 6) is 2.51. The van der Waals surface area contributed by atoms with E-state index in [0.29, 0.717) is 5.92 Å². The SMILES string of the molecule is Cc1cc(C2CCCCC2)nc(CC2CCNC2)n1. The minimum atomic E-state index is 0.691. The Morgan fingerprint density at radius 3 is 2.74 bits per heavy atom. The number of rotatable bonds is 3. The monoisotopic (exact) mass is 259 g/mol. The first-order chi connectivity index (χ1) is 9.31. The Kier molecular flexibility index (Phi) is 4.12. The minimum Gasteiger partial charge on any atom is -0.316 e. The molecule has 1 aliphatic heterocycles. The summed E-state index contributed by atoms with van der Waals surface area (Å²) in [6.07, 6.45) is 9.11. The van der Waals surface area contributed by atoms with E-state index in [0.717, 1.165) is 36.9 Å². The zero-order valence-electron chi connectivity index (χ0n) is 12.0. The molecule has 1 saturated carbocycles. The topological polar surface area (TPSA) is 37.8 Å². The lowest BCUT2D eigenvalue weighted by atomic mass is 9.86. The highest BCUT2D eigenvalue weighted by Gasteiger charge is 2.20. The van der Waals surface area contributed by atoms with E-state index in [1.54, 1.807) is 0 Å². The fourth-order valence-electron chi connectivity index (χ4n) is 3.50. The van der Waals surface area contributed by atoms with E-state index in [1.165, 1.54) is 44.2 Å². The van der Waals surface area contributed by atoms with Crippen molar-refractivity contribution >= 4 is 0 Å². The van der Waals surface area contributed by atoms with Crippen LogP contribution in [0.4, 0.5) is 0 Å². The van der Waals surface area contributed by atoms with Crippen molar-refractivity contribution in [2.45, 2.75) is 57.8 Å². The summed E-state index contributed by atoms with van der Waals surface area (Å²) >= 11 is 0. The summed E-state index contributed by atoms with van der Waals surface area (Å²) < 4.78 is 0. The molecule has 1 aromatic heterocycles. The molecule has 0 radical (unpaired) electrons. The molecule has 2 heterocycles. The maximum Gasteiger partial charge on any atom is 0.129 e. The Balaban J connectivity index is 1.74. The van der Waals surface area contributed by atoms with Crippen molar-refractivity contribution in [1.29, 1.82) is 0 Å². The molecule has 1 saturated heterocycles. The molecule has 2 aliphatic rings. The molecule has 1 aromatic rings. The van der Waals surface area contributed by atoms with Crippen LogP contribution >= 0.6 is 0 Å². The van der Waals surface area contributed by atoms with E-state index in [9.17, 15) is 0 Å². The largest absolute Gasteiger partial charge is 0.316 e. The van der Waals surface area contributed by atoms with Gasteiger partial charge in [-0.2, -0.15) is 0 Å². The van der Waals surface area contributed by atoms with Crippen LogP contribution in [0, 0.1) is 12.8 Å². The molecule has 0 amide bonds. The van der Waals surface area contributed by atoms with Gasteiger partial charge >= 0.3 is 0 Å². The van der Waals surface area contributed by atoms with E-state index in [2.05, 4.69) is 23.3 Å². The quantitative estimate of drug-likeness (QED) is 0.907. The zero-order valence-corrected chi connectivity index (χ0v) is 12.0. The van der Waals surface area contributed by atoms with Gasteiger partial charge < -0.3 is 5.32 Å². The summed E-state index contributed by atoms with van der Waals surface area (Å²) in [7, 11) is 0. The molecule has 3 rings (SSSR count). The van der Waals surface area contributed by atoms with Gasteiger partial charge in [-0.25, -0.2) is 9.97 Å². The number of aromatic nitrogens is 2. The van der Waals surface area contributed by atoms with E-state index in [4.69, 9.17) is 4.98 Å². The Labute approximate surface area is 116 Å². The average Bonchev–Trinajstić information content (AvgIpc) is 2.92. The van der Waals surface area contributed by atoms with Gasteiger partial charge in [-0.15, -0.1) is 0 Å². The molecule has 0 bridgehead atoms. The smallest absolute Gasteiger partial charge is 0.129 e. The van der Waals surface area contributed by atoms with Crippen LogP contribution in [-0.4, -0.2) is 23.1 Å². The third-order valence-corrected chi connectivity index (χ3v) is 4.58. The predicted octanol–water partition coefficient (Wildman–Crippen LogP) is 2.98. The fraction of sp³-hybridized carbons (Fsp3) is 0.750. The standard InChI is InChI=1S/C16H25N3/c1-12-9-15(14-5-3-2-4-6-14)19-16(18-12)10-13-7-8-17-11-13/h9,13-14,17H,2-8,10-11H2,1H3. The summed E-state index contributed by atoms with van der Waals surface area (Å²) in [5.41, 5.74) is 2.46. The molecule has 19 heavy (non-hydrogen) atoms. The lowest BCUT2D eigenvalue weighted by Gasteiger charge is -2.22. The van der Waals surface area contributed by atoms with E-state index in [1.807, 2.05) is 0 Å². The summed E-state index contributed by atoms with van der Waals surface area (Å²) in [6.45, 7) is 4.41. The molecule has 0 spiro atoms. The minimum absolute atomic E-state index is 0.691. The van der Waals surface area contributed by atoms with Gasteiger partial charge in [0, 0.05) is 23.7 Å². The highest BCUT2D eigenvalue weighted by Crippen LogP contribution is 2.31. The van der Waals surface area contributed by atoms with Gasteiger partial charge in [-0.05, 0) is 51.3 Å². The Bertz CT molecular complexity index is 418. The molecule has 1 unspecified atom stereocenters. The van der Waals surface area contributed by atoms with Crippen molar-refractivity contribution in [1.82, 2.24) is 15.3 Å². The van der Waals surface area contributed by atoms with Gasteiger partial charge in [-0.1, -0.05) is 19.3 Å². The molecule has 1 atom stereocenters. The van der Waals surface area contributed by atoms with Crippen LogP contribution in [0.15, 0.2) is 6.07 Å². The number of nitrogens with one attached hydrogen (secondary N) is 1. The van der Waals surface area contributed by atoms with Crippen LogP contribution in [0.5, 0.6) is 0 Å². The Hall–Kier alpha value is -0.960. The third kappa shape index (κ3) is 3.33. The number of nitrogens with zero attached hydrogens (tertiary/aromatic N) is 2. The zero-order chi connectivity index (χ0) is 13.1. The summed E-state index contributed by atoms with van der Waals surface area (Å²) in [5, 5.41) is 3.43. The van der Waals surface area contributed by atoms with Crippen molar-refractivity contribution in [2.24, 2.45) is 5.92 Å². The number of aryl methyl sites for hydroxylation is 1. The second-order valence-electron chi connectivity index (χ2n) is 6.25. The van der Waals surface area contributed by atoms with Crippen LogP contribution < -0.4 is 5.32 Å². The first-order valence-electron chi connectivity index (χ1n) is 7.86. The lowest BCUT2D eigenvalue weighted by molar-refractivity contribution is 0.433. The molecule has 0 aromatic carbocycles. The van der Waals surface area contributed by atoms with Crippen molar-refractivity contribution in [3.05, 3.63) is 23.3 Å². The van der Waals surface area contributed by atoms with Crippen molar-refractivity contribution in [2.75, 3.05) is 13.1 Å². The van der Waals surface area contributed by atoms with Gasteiger partial charge in [0.1, 0.15) is 5.82 Å². The normalized spacial score (nSPS) is 24.8. The molecule has 3 nitrogen and oxygen atoms in total. The van der Waals surface area contributed by atoms with Crippen LogP contribution in [0.3, 0.4) is 0 Å². The van der Waals surface area contributed by atoms with Gasteiger partial charge in [0.2, 0.25) is 0 Å². The highest BCUT2D eigenvalue weighted by atomic mass is 14.9. The molecular weight excluding hydrogens is 234 g/mol. The lowest BCUT2D eigenvalue weighted by Crippen LogP contribution is -2.14. The molecule has 3 heteroatoms. The molecular formula is C16H25N3. The predicted molar refractivity (Wildman–Crippen MR) is 77.3 cm³/mol. The van der Waals surface area contributed by atoms with Crippen molar-refractivity contribution in [3.63, 3.8) is 0 Å². The molecule has 1 N–H and O–H groups in total. The van der Waals surface area contributed by atoms with Crippen LogP contribution in [0.25, 0.3) is 0 Å². The molecule has 1 aliphatic carbocycles. The molecule has 2 fully saturated rings. The Morgan fingerprint density at radius 1 is 1.16 bits per heavy atom. The van der Waals surface area contributed by atoms with Gasteiger partial charge in [0.05, 0.1) is 0 Å². The maximum absolute atomic E-state index is 4.88. The van der Waals surface area contributed by atoms with Crippen LogP contribution in [0.1, 0.15) is 61.7 Å². The summed E-state index contributed by atoms with van der Waals surface area (Å²) in [6, 6.07) is 2.21. The summed E-state index contributed by atoms with van der Waals surface area (Å²) in [4.78, 5) is 9.54. The van der Waals surface area contributed by atoms with Crippen LogP contribution in [-0.2, 0) is 6.42 Å². The fourth-order valence-corrected chi connectivity index (χ4v) is 3.50. The maximum atomic E-state index is 4.88.